The number of hydrogen-bond acceptors (Lipinski definition) is 3. The Labute approximate surface area is 130 Å². The molecule has 3 aromatic rings. The molecule has 1 aromatic heterocycles. The summed E-state index contributed by atoms with van der Waals surface area (Å²) in [5.74, 6) is 5.78. The maximum atomic E-state index is 5.78. The van der Waals surface area contributed by atoms with Crippen molar-refractivity contribution >= 4 is 38.0 Å². The fourth-order valence-electron chi connectivity index (χ4n) is 2.42. The fraction of sp³-hybridized carbons (Fsp3) is 0.125. The van der Waals surface area contributed by atoms with Crippen LogP contribution in [-0.2, 0) is 0 Å². The highest BCUT2D eigenvalue weighted by Crippen LogP contribution is 2.31. The Hall–Kier alpha value is -1.20. The summed E-state index contributed by atoms with van der Waals surface area (Å²) in [5, 5.41) is 4.55. The van der Waals surface area contributed by atoms with Crippen molar-refractivity contribution in [2.45, 2.75) is 13.0 Å². The van der Waals surface area contributed by atoms with E-state index in [1.54, 1.807) is 11.3 Å². The van der Waals surface area contributed by atoms with Crippen molar-refractivity contribution in [3.63, 3.8) is 0 Å². The van der Waals surface area contributed by atoms with Crippen LogP contribution < -0.4 is 11.3 Å². The third-order valence-corrected chi connectivity index (χ3v) is 5.07. The standard InChI is InChI=1S/C16H15BrN2S/c1-10-6-7-20-16(10)15(19-18)13-3-2-12-9-14(17)5-4-11(12)8-13/h2-9,15,19H,18H2,1H3. The van der Waals surface area contributed by atoms with Crippen LogP contribution in [0.4, 0.5) is 0 Å². The van der Waals surface area contributed by atoms with E-state index in [4.69, 9.17) is 5.84 Å². The number of nitrogens with one attached hydrogen (secondary N) is 1. The lowest BCUT2D eigenvalue weighted by Gasteiger charge is -2.17. The van der Waals surface area contributed by atoms with Gasteiger partial charge in [0.25, 0.3) is 0 Å². The first kappa shape index (κ1) is 13.8. The number of thiophene rings is 1. The van der Waals surface area contributed by atoms with Gasteiger partial charge in [0.1, 0.15) is 0 Å². The molecule has 0 spiro atoms. The van der Waals surface area contributed by atoms with Crippen molar-refractivity contribution in [3.05, 3.63) is 68.3 Å². The third-order valence-electron chi connectivity index (χ3n) is 3.49. The van der Waals surface area contributed by atoms with Gasteiger partial charge >= 0.3 is 0 Å². The SMILES string of the molecule is Cc1ccsc1C(NN)c1ccc2cc(Br)ccc2c1. The van der Waals surface area contributed by atoms with E-state index in [0.717, 1.165) is 4.47 Å². The molecule has 0 saturated carbocycles. The molecule has 0 aliphatic carbocycles. The van der Waals surface area contributed by atoms with Gasteiger partial charge in [0.15, 0.2) is 0 Å². The van der Waals surface area contributed by atoms with Gasteiger partial charge in [-0.1, -0.05) is 34.1 Å². The Morgan fingerprint density at radius 1 is 1.10 bits per heavy atom. The molecule has 2 nitrogen and oxygen atoms in total. The van der Waals surface area contributed by atoms with Crippen molar-refractivity contribution in [3.8, 4) is 0 Å². The molecule has 2 aromatic carbocycles. The average Bonchev–Trinajstić information content (AvgIpc) is 2.86. The molecule has 0 aliphatic heterocycles. The van der Waals surface area contributed by atoms with E-state index >= 15 is 0 Å². The highest BCUT2D eigenvalue weighted by Gasteiger charge is 2.16. The number of aryl methyl sites for hydroxylation is 1. The molecule has 20 heavy (non-hydrogen) atoms. The summed E-state index contributed by atoms with van der Waals surface area (Å²) in [4.78, 5) is 1.27. The Kier molecular flexibility index (Phi) is 3.89. The zero-order valence-corrected chi connectivity index (χ0v) is 13.5. The first-order valence-electron chi connectivity index (χ1n) is 6.38. The summed E-state index contributed by atoms with van der Waals surface area (Å²) in [5.41, 5.74) is 5.40. The maximum absolute atomic E-state index is 5.78. The maximum Gasteiger partial charge on any atom is 0.0805 e. The van der Waals surface area contributed by atoms with Gasteiger partial charge in [0.05, 0.1) is 6.04 Å². The van der Waals surface area contributed by atoms with Crippen molar-refractivity contribution in [1.82, 2.24) is 5.43 Å². The van der Waals surface area contributed by atoms with Crippen LogP contribution in [0.1, 0.15) is 22.0 Å². The van der Waals surface area contributed by atoms with Crippen LogP contribution in [0.25, 0.3) is 10.8 Å². The Morgan fingerprint density at radius 2 is 1.85 bits per heavy atom. The second-order valence-electron chi connectivity index (χ2n) is 4.82. The predicted octanol–water partition coefficient (Wildman–Crippen LogP) is 4.52. The topological polar surface area (TPSA) is 38.0 Å². The number of hydrazine groups is 1. The summed E-state index contributed by atoms with van der Waals surface area (Å²) in [7, 11) is 0. The van der Waals surface area contributed by atoms with E-state index in [9.17, 15) is 0 Å². The molecule has 0 radical (unpaired) electrons. The quantitative estimate of drug-likeness (QED) is 0.540. The van der Waals surface area contributed by atoms with Crippen molar-refractivity contribution < 1.29 is 0 Å². The molecule has 102 valence electrons. The molecule has 0 amide bonds. The molecule has 0 fully saturated rings. The lowest BCUT2D eigenvalue weighted by atomic mass is 10.00. The second-order valence-corrected chi connectivity index (χ2v) is 6.68. The van der Waals surface area contributed by atoms with Crippen molar-refractivity contribution in [2.24, 2.45) is 5.84 Å². The van der Waals surface area contributed by atoms with Gasteiger partial charge < -0.3 is 0 Å². The van der Waals surface area contributed by atoms with Crippen LogP contribution in [-0.4, -0.2) is 0 Å². The number of hydrogen-bond donors (Lipinski definition) is 2. The van der Waals surface area contributed by atoms with Gasteiger partial charge in [-0.25, -0.2) is 5.43 Å². The molecule has 0 aliphatic rings. The van der Waals surface area contributed by atoms with Gasteiger partial charge in [-0.3, -0.25) is 5.84 Å². The number of benzene rings is 2. The van der Waals surface area contributed by atoms with E-state index in [2.05, 4.69) is 76.1 Å². The number of halogens is 1. The van der Waals surface area contributed by atoms with Crippen molar-refractivity contribution in [1.29, 1.82) is 0 Å². The largest absolute Gasteiger partial charge is 0.271 e. The van der Waals surface area contributed by atoms with Gasteiger partial charge in [0.2, 0.25) is 0 Å². The molecule has 1 atom stereocenters. The summed E-state index contributed by atoms with van der Waals surface area (Å²) < 4.78 is 1.10. The minimum Gasteiger partial charge on any atom is -0.271 e. The lowest BCUT2D eigenvalue weighted by Crippen LogP contribution is -2.28. The van der Waals surface area contributed by atoms with Crippen molar-refractivity contribution in [2.75, 3.05) is 0 Å². The molecule has 3 rings (SSSR count). The van der Waals surface area contributed by atoms with Crippen LogP contribution in [0.2, 0.25) is 0 Å². The highest BCUT2D eigenvalue weighted by atomic mass is 79.9. The Balaban J connectivity index is 2.08. The van der Waals surface area contributed by atoms with Crippen LogP contribution in [0, 0.1) is 6.92 Å². The van der Waals surface area contributed by atoms with Crippen LogP contribution in [0.3, 0.4) is 0 Å². The zero-order chi connectivity index (χ0) is 14.1. The van der Waals surface area contributed by atoms with Gasteiger partial charge in [-0.15, -0.1) is 11.3 Å². The molecule has 1 heterocycles. The van der Waals surface area contributed by atoms with Crippen LogP contribution in [0.5, 0.6) is 0 Å². The number of fused-ring (bicyclic) bond motifs is 1. The minimum absolute atomic E-state index is 0.0445. The zero-order valence-electron chi connectivity index (χ0n) is 11.1. The Morgan fingerprint density at radius 3 is 2.55 bits per heavy atom. The number of rotatable bonds is 3. The van der Waals surface area contributed by atoms with E-state index in [1.165, 1.54) is 26.8 Å². The molecular formula is C16H15BrN2S. The molecular weight excluding hydrogens is 332 g/mol. The average molecular weight is 347 g/mol. The molecule has 0 saturated heterocycles. The van der Waals surface area contributed by atoms with Gasteiger partial charge in [-0.05, 0) is 58.5 Å². The van der Waals surface area contributed by atoms with E-state index < -0.39 is 0 Å². The smallest absolute Gasteiger partial charge is 0.0805 e. The van der Waals surface area contributed by atoms with Crippen LogP contribution >= 0.6 is 27.3 Å². The van der Waals surface area contributed by atoms with E-state index in [0.29, 0.717) is 0 Å². The summed E-state index contributed by atoms with van der Waals surface area (Å²) in [6, 6.07) is 15.0. The normalized spacial score (nSPS) is 12.8. The van der Waals surface area contributed by atoms with Gasteiger partial charge in [-0.2, -0.15) is 0 Å². The van der Waals surface area contributed by atoms with Crippen LogP contribution in [0.15, 0.2) is 52.3 Å². The Bertz CT molecular complexity index is 751. The third kappa shape index (κ3) is 2.52. The van der Waals surface area contributed by atoms with E-state index in [1.807, 2.05) is 0 Å². The summed E-state index contributed by atoms with van der Waals surface area (Å²) >= 11 is 5.24. The first-order chi connectivity index (χ1) is 9.69. The molecule has 1 unspecified atom stereocenters. The highest BCUT2D eigenvalue weighted by molar-refractivity contribution is 9.10. The monoisotopic (exact) mass is 346 g/mol. The predicted molar refractivity (Wildman–Crippen MR) is 89.9 cm³/mol. The summed E-state index contributed by atoms with van der Waals surface area (Å²) in [6.45, 7) is 2.12. The van der Waals surface area contributed by atoms with Gasteiger partial charge in [0, 0.05) is 9.35 Å². The minimum atomic E-state index is 0.0445. The van der Waals surface area contributed by atoms with E-state index in [-0.39, 0.29) is 6.04 Å². The fourth-order valence-corrected chi connectivity index (χ4v) is 3.81. The summed E-state index contributed by atoms with van der Waals surface area (Å²) in [6.07, 6.45) is 0. The number of nitrogens with two attached hydrogens (primary N) is 1. The molecule has 3 N–H and O–H groups in total. The second kappa shape index (κ2) is 5.66. The lowest BCUT2D eigenvalue weighted by molar-refractivity contribution is 0.644. The molecule has 4 heteroatoms. The molecule has 0 bridgehead atoms. The first-order valence-corrected chi connectivity index (χ1v) is 8.05.